The number of benzene rings is 1. The second-order valence-corrected chi connectivity index (χ2v) is 10.7. The third-order valence-electron chi connectivity index (χ3n) is 5.35. The summed E-state index contributed by atoms with van der Waals surface area (Å²) < 4.78 is 1.58. The van der Waals surface area contributed by atoms with E-state index in [4.69, 9.17) is 10.2 Å². The first-order valence-corrected chi connectivity index (χ1v) is 13.7. The Morgan fingerprint density at radius 2 is 2.06 bits per heavy atom. The van der Waals surface area contributed by atoms with Crippen molar-refractivity contribution >= 4 is 56.2 Å². The summed E-state index contributed by atoms with van der Waals surface area (Å²) in [4.78, 5) is 34.8. The lowest BCUT2D eigenvalue weighted by atomic mass is 10.1. The number of thioether (sulfide) groups is 1. The first-order valence-electron chi connectivity index (χ1n) is 11.0. The molecule has 0 aliphatic carbocycles. The molecule has 1 aromatic carbocycles. The molecule has 3 aromatic heterocycles. The van der Waals surface area contributed by atoms with Crippen LogP contribution in [0.2, 0.25) is 0 Å². The van der Waals surface area contributed by atoms with Crippen molar-refractivity contribution in [2.24, 2.45) is 0 Å². The number of carbonyl (C=O) groups excluding carboxylic acids is 1. The van der Waals surface area contributed by atoms with Crippen molar-refractivity contribution in [2.75, 3.05) is 17.2 Å². The van der Waals surface area contributed by atoms with E-state index in [2.05, 4.69) is 12.6 Å². The second-order valence-electron chi connectivity index (χ2n) is 7.99. The highest BCUT2D eigenvalue weighted by molar-refractivity contribution is 7.99. The average Bonchev–Trinajstić information content (AvgIpc) is 3.49. The number of nitriles is 1. The van der Waals surface area contributed by atoms with Gasteiger partial charge in [-0.1, -0.05) is 30.0 Å². The summed E-state index contributed by atoms with van der Waals surface area (Å²) in [5.41, 5.74) is 3.63. The molecule has 9 heteroatoms. The fourth-order valence-electron chi connectivity index (χ4n) is 3.89. The maximum atomic E-state index is 13.5. The van der Waals surface area contributed by atoms with Gasteiger partial charge in [0.05, 0.1) is 23.6 Å². The molecule has 35 heavy (non-hydrogen) atoms. The molecule has 0 bridgehead atoms. The SMILES string of the molecule is C=CCn1c(SCC(=O)N(CCC#N)c2cc(C)cc(C)c2)nc2scc(-c3cccs3)c2c1=O. The molecule has 0 N–H and O–H groups in total. The van der Waals surface area contributed by atoms with Crippen LogP contribution in [-0.2, 0) is 11.3 Å². The molecule has 0 fully saturated rings. The Kier molecular flexibility index (Phi) is 7.86. The Hall–Kier alpha value is -3.19. The predicted octanol–water partition coefficient (Wildman–Crippen LogP) is 6.03. The van der Waals surface area contributed by atoms with Crippen molar-refractivity contribution < 1.29 is 4.79 Å². The van der Waals surface area contributed by atoms with Gasteiger partial charge in [0, 0.05) is 34.6 Å². The minimum atomic E-state index is -0.139. The second kappa shape index (κ2) is 11.0. The van der Waals surface area contributed by atoms with Gasteiger partial charge in [-0.2, -0.15) is 5.26 Å². The standard InChI is InChI=1S/C26H24N4O2S3/c1-4-9-30-25(32)23-20(21-7-5-11-33-21)15-34-24(23)28-26(30)35-16-22(31)29(10-6-8-27)19-13-17(2)12-18(3)14-19/h4-5,7,11-15H,1,6,9-10,16H2,2-3H3. The van der Waals surface area contributed by atoms with Crippen LogP contribution in [0.5, 0.6) is 0 Å². The number of carbonyl (C=O) groups is 1. The van der Waals surface area contributed by atoms with E-state index < -0.39 is 0 Å². The Balaban J connectivity index is 1.66. The van der Waals surface area contributed by atoms with E-state index in [1.165, 1.54) is 23.1 Å². The molecule has 0 spiro atoms. The molecule has 0 radical (unpaired) electrons. The quantitative estimate of drug-likeness (QED) is 0.153. The van der Waals surface area contributed by atoms with E-state index in [9.17, 15) is 9.59 Å². The fourth-order valence-corrected chi connectivity index (χ4v) is 6.58. The van der Waals surface area contributed by atoms with Gasteiger partial charge < -0.3 is 4.90 Å². The third-order valence-corrected chi connectivity index (χ3v) is 8.08. The molecular formula is C26H24N4O2S3. The lowest BCUT2D eigenvalue weighted by Gasteiger charge is -2.23. The monoisotopic (exact) mass is 520 g/mol. The van der Waals surface area contributed by atoms with Gasteiger partial charge in [-0.15, -0.1) is 29.3 Å². The van der Waals surface area contributed by atoms with Crippen molar-refractivity contribution in [1.82, 2.24) is 9.55 Å². The minimum Gasteiger partial charge on any atom is -0.311 e. The Bertz CT molecular complexity index is 1460. The number of fused-ring (bicyclic) bond motifs is 1. The van der Waals surface area contributed by atoms with Crippen molar-refractivity contribution in [3.8, 4) is 16.5 Å². The van der Waals surface area contributed by atoms with Gasteiger partial charge in [-0.25, -0.2) is 4.98 Å². The lowest BCUT2D eigenvalue weighted by Crippen LogP contribution is -2.33. The molecule has 3 heterocycles. The predicted molar refractivity (Wildman–Crippen MR) is 147 cm³/mol. The van der Waals surface area contributed by atoms with Gasteiger partial charge >= 0.3 is 0 Å². The molecule has 4 rings (SSSR count). The summed E-state index contributed by atoms with van der Waals surface area (Å²) in [5.74, 6) is -0.0448. The van der Waals surface area contributed by atoms with E-state index in [0.29, 0.717) is 28.5 Å². The fraction of sp³-hybridized carbons (Fsp3) is 0.231. The van der Waals surface area contributed by atoms with Gasteiger partial charge in [0.25, 0.3) is 5.56 Å². The number of anilines is 1. The summed E-state index contributed by atoms with van der Waals surface area (Å²) >= 11 is 4.25. The summed E-state index contributed by atoms with van der Waals surface area (Å²) in [6.07, 6.45) is 1.89. The number of nitrogens with zero attached hydrogens (tertiary/aromatic N) is 4. The normalized spacial score (nSPS) is 10.9. The van der Waals surface area contributed by atoms with Gasteiger partial charge in [-0.05, 0) is 48.6 Å². The van der Waals surface area contributed by atoms with Gasteiger partial charge in [0.15, 0.2) is 5.16 Å². The third kappa shape index (κ3) is 5.40. The number of aryl methyl sites for hydroxylation is 2. The van der Waals surface area contributed by atoms with Gasteiger partial charge in [0.2, 0.25) is 5.91 Å². The maximum Gasteiger partial charge on any atom is 0.263 e. The van der Waals surface area contributed by atoms with E-state index in [1.54, 1.807) is 26.9 Å². The van der Waals surface area contributed by atoms with Crippen molar-refractivity contribution in [1.29, 1.82) is 5.26 Å². The first kappa shape index (κ1) is 24.9. The number of thiophene rings is 2. The van der Waals surface area contributed by atoms with Crippen LogP contribution in [0, 0.1) is 25.2 Å². The number of hydrogen-bond donors (Lipinski definition) is 0. The zero-order chi connectivity index (χ0) is 24.9. The number of amides is 1. The molecule has 0 unspecified atom stereocenters. The van der Waals surface area contributed by atoms with Crippen LogP contribution in [0.15, 0.2) is 63.7 Å². The Morgan fingerprint density at radius 1 is 1.29 bits per heavy atom. The Morgan fingerprint density at radius 3 is 2.71 bits per heavy atom. The average molecular weight is 521 g/mol. The van der Waals surface area contributed by atoms with E-state index in [-0.39, 0.29) is 23.6 Å². The molecule has 0 saturated carbocycles. The number of allylic oxidation sites excluding steroid dienone is 1. The molecule has 0 aliphatic rings. The van der Waals surface area contributed by atoms with Gasteiger partial charge in [-0.3, -0.25) is 14.2 Å². The number of rotatable bonds is 9. The van der Waals surface area contributed by atoms with Gasteiger partial charge in [0.1, 0.15) is 4.83 Å². The van der Waals surface area contributed by atoms with E-state index >= 15 is 0 Å². The van der Waals surface area contributed by atoms with E-state index in [0.717, 1.165) is 27.3 Å². The van der Waals surface area contributed by atoms with Crippen LogP contribution in [0.3, 0.4) is 0 Å². The topological polar surface area (TPSA) is 79.0 Å². The van der Waals surface area contributed by atoms with Crippen molar-refractivity contribution in [3.05, 3.63) is 75.2 Å². The van der Waals surface area contributed by atoms with Crippen molar-refractivity contribution in [3.63, 3.8) is 0 Å². The molecular weight excluding hydrogens is 497 g/mol. The smallest absolute Gasteiger partial charge is 0.263 e. The summed E-state index contributed by atoms with van der Waals surface area (Å²) in [5, 5.41) is 14.1. The number of hydrogen-bond acceptors (Lipinski definition) is 7. The summed E-state index contributed by atoms with van der Waals surface area (Å²) in [6, 6.07) is 12.0. The highest BCUT2D eigenvalue weighted by Crippen LogP contribution is 2.34. The molecule has 1 amide bonds. The Labute approximate surface area is 216 Å². The molecule has 4 aromatic rings. The molecule has 0 aliphatic heterocycles. The molecule has 0 saturated heterocycles. The largest absolute Gasteiger partial charge is 0.311 e. The van der Waals surface area contributed by atoms with Crippen LogP contribution >= 0.6 is 34.4 Å². The minimum absolute atomic E-state index is 0.0939. The lowest BCUT2D eigenvalue weighted by molar-refractivity contribution is -0.116. The summed E-state index contributed by atoms with van der Waals surface area (Å²) in [6.45, 7) is 8.36. The highest BCUT2D eigenvalue weighted by Gasteiger charge is 2.21. The molecule has 0 atom stereocenters. The van der Waals surface area contributed by atoms with Crippen LogP contribution < -0.4 is 10.5 Å². The van der Waals surface area contributed by atoms with Crippen LogP contribution in [0.25, 0.3) is 20.7 Å². The van der Waals surface area contributed by atoms with Crippen molar-refractivity contribution in [2.45, 2.75) is 32.0 Å². The van der Waals surface area contributed by atoms with Crippen LogP contribution in [0.1, 0.15) is 17.5 Å². The van der Waals surface area contributed by atoms with Crippen LogP contribution in [0.4, 0.5) is 5.69 Å². The van der Waals surface area contributed by atoms with E-state index in [1.807, 2.05) is 54.9 Å². The van der Waals surface area contributed by atoms with Crippen LogP contribution in [-0.4, -0.2) is 27.8 Å². The zero-order valence-corrected chi connectivity index (χ0v) is 21.9. The first-order chi connectivity index (χ1) is 16.9. The highest BCUT2D eigenvalue weighted by atomic mass is 32.2. The summed E-state index contributed by atoms with van der Waals surface area (Å²) in [7, 11) is 0. The number of aromatic nitrogens is 2. The zero-order valence-electron chi connectivity index (χ0n) is 19.5. The molecule has 178 valence electrons. The maximum absolute atomic E-state index is 13.5. The molecule has 6 nitrogen and oxygen atoms in total.